The van der Waals surface area contributed by atoms with Crippen LogP contribution in [0.3, 0.4) is 0 Å². The summed E-state index contributed by atoms with van der Waals surface area (Å²) in [5.41, 5.74) is 2.29. The van der Waals surface area contributed by atoms with E-state index < -0.39 is 5.25 Å². The summed E-state index contributed by atoms with van der Waals surface area (Å²) in [5.74, 6) is 0.154. The molecule has 0 saturated carbocycles. The molecule has 1 amide bonds. The summed E-state index contributed by atoms with van der Waals surface area (Å²) in [6.07, 6.45) is 0. The van der Waals surface area contributed by atoms with Gasteiger partial charge in [0.05, 0.1) is 0 Å². The van der Waals surface area contributed by atoms with E-state index in [9.17, 15) is 9.18 Å². The molecule has 5 nitrogen and oxygen atoms in total. The van der Waals surface area contributed by atoms with Gasteiger partial charge in [-0.15, -0.1) is 10.2 Å². The van der Waals surface area contributed by atoms with Crippen LogP contribution < -0.4 is 5.32 Å². The number of nitrogens with one attached hydrogen (secondary N) is 1. The highest BCUT2D eigenvalue weighted by Crippen LogP contribution is 2.36. The van der Waals surface area contributed by atoms with Crippen LogP contribution in [-0.4, -0.2) is 20.7 Å². The van der Waals surface area contributed by atoms with Gasteiger partial charge in [0.1, 0.15) is 16.9 Å². The first kappa shape index (κ1) is 19.8. The van der Waals surface area contributed by atoms with E-state index in [1.54, 1.807) is 0 Å². The quantitative estimate of drug-likeness (QED) is 0.438. The van der Waals surface area contributed by atoms with Gasteiger partial charge in [-0.1, -0.05) is 60.3 Å². The number of hydrogen-bond donors (Lipinski definition) is 1. The summed E-state index contributed by atoms with van der Waals surface area (Å²) in [7, 11) is 0. The number of nitrogens with zero attached hydrogens (tertiary/aromatic N) is 3. The number of amides is 1. The van der Waals surface area contributed by atoms with E-state index >= 15 is 0 Å². The van der Waals surface area contributed by atoms with Gasteiger partial charge in [0.15, 0.2) is 5.16 Å². The largest absolute Gasteiger partial charge is 0.325 e. The lowest BCUT2D eigenvalue weighted by Gasteiger charge is -2.17. The van der Waals surface area contributed by atoms with Crippen LogP contribution in [0, 0.1) is 12.7 Å². The maximum Gasteiger partial charge on any atom is 0.242 e. The summed E-state index contributed by atoms with van der Waals surface area (Å²) in [6.45, 7) is 1.88. The van der Waals surface area contributed by atoms with Crippen LogP contribution in [0.5, 0.6) is 0 Å². The Hall–Kier alpha value is -3.45. The standard InChI is InChI=1S/C23H19FN4OS/c1-16-26-27-23(28(16)20-10-6-3-7-11-20)30-21(17-8-4-2-5-9-17)22(29)25-19-14-12-18(24)13-15-19/h2-15,21H,1H3,(H,25,29)/t21-/m0/s1. The number of para-hydroxylation sites is 1. The van der Waals surface area contributed by atoms with E-state index in [1.165, 1.54) is 36.0 Å². The number of aryl methyl sites for hydroxylation is 1. The Morgan fingerprint density at radius 3 is 2.23 bits per heavy atom. The molecule has 0 bridgehead atoms. The van der Waals surface area contributed by atoms with E-state index in [4.69, 9.17) is 0 Å². The van der Waals surface area contributed by atoms with Gasteiger partial charge >= 0.3 is 0 Å². The lowest BCUT2D eigenvalue weighted by atomic mass is 10.1. The van der Waals surface area contributed by atoms with Gasteiger partial charge in [0.2, 0.25) is 5.91 Å². The van der Waals surface area contributed by atoms with Crippen molar-refractivity contribution in [1.29, 1.82) is 0 Å². The van der Waals surface area contributed by atoms with Gasteiger partial charge in [-0.05, 0) is 48.9 Å². The first-order chi connectivity index (χ1) is 14.6. The first-order valence-corrected chi connectivity index (χ1v) is 10.3. The summed E-state index contributed by atoms with van der Waals surface area (Å²) < 4.78 is 15.1. The third-order valence-electron chi connectivity index (χ3n) is 4.49. The summed E-state index contributed by atoms with van der Waals surface area (Å²) in [6, 6.07) is 25.0. The molecule has 0 aliphatic heterocycles. The smallest absolute Gasteiger partial charge is 0.242 e. The van der Waals surface area contributed by atoms with Crippen LogP contribution in [0.2, 0.25) is 0 Å². The Labute approximate surface area is 178 Å². The second-order valence-corrected chi connectivity index (χ2v) is 7.68. The Bertz CT molecular complexity index is 1130. The molecule has 3 aromatic carbocycles. The van der Waals surface area contributed by atoms with Crippen LogP contribution >= 0.6 is 11.8 Å². The molecule has 1 heterocycles. The monoisotopic (exact) mass is 418 g/mol. The van der Waals surface area contributed by atoms with Crippen molar-refractivity contribution in [2.24, 2.45) is 0 Å². The second kappa shape index (κ2) is 8.92. The molecule has 0 aliphatic carbocycles. The lowest BCUT2D eigenvalue weighted by Crippen LogP contribution is -2.19. The summed E-state index contributed by atoms with van der Waals surface area (Å²) >= 11 is 1.32. The van der Waals surface area contributed by atoms with Crippen molar-refractivity contribution in [3.05, 3.63) is 102 Å². The molecule has 0 aliphatic rings. The maximum atomic E-state index is 13.2. The Morgan fingerprint density at radius 2 is 1.57 bits per heavy atom. The van der Waals surface area contributed by atoms with Crippen molar-refractivity contribution in [3.63, 3.8) is 0 Å². The Kier molecular flexibility index (Phi) is 5.90. The molecule has 0 radical (unpaired) electrons. The highest BCUT2D eigenvalue weighted by molar-refractivity contribution is 8.00. The Morgan fingerprint density at radius 1 is 0.933 bits per heavy atom. The lowest BCUT2D eigenvalue weighted by molar-refractivity contribution is -0.115. The SMILES string of the molecule is Cc1nnc(S[C@H](C(=O)Nc2ccc(F)cc2)c2ccccc2)n1-c1ccccc1. The van der Waals surface area contributed by atoms with Gasteiger partial charge < -0.3 is 5.32 Å². The fourth-order valence-electron chi connectivity index (χ4n) is 3.04. The van der Waals surface area contributed by atoms with Crippen LogP contribution in [0.15, 0.2) is 90.1 Å². The zero-order valence-corrected chi connectivity index (χ0v) is 17.0. The normalized spacial score (nSPS) is 11.8. The molecule has 0 saturated heterocycles. The third kappa shape index (κ3) is 4.41. The molecule has 1 N–H and O–H groups in total. The number of thioether (sulfide) groups is 1. The van der Waals surface area contributed by atoms with Crippen molar-refractivity contribution in [1.82, 2.24) is 14.8 Å². The molecule has 0 fully saturated rings. The summed E-state index contributed by atoms with van der Waals surface area (Å²) in [5, 5.41) is 11.4. The average Bonchev–Trinajstić information content (AvgIpc) is 3.15. The van der Waals surface area contributed by atoms with E-state index in [-0.39, 0.29) is 11.7 Å². The number of hydrogen-bond acceptors (Lipinski definition) is 4. The summed E-state index contributed by atoms with van der Waals surface area (Å²) in [4.78, 5) is 13.2. The minimum absolute atomic E-state index is 0.224. The van der Waals surface area contributed by atoms with Gasteiger partial charge in [0.25, 0.3) is 0 Å². The molecule has 0 spiro atoms. The highest BCUT2D eigenvalue weighted by atomic mass is 32.2. The number of carbonyl (C=O) groups is 1. The van der Waals surface area contributed by atoms with Crippen LogP contribution in [0.1, 0.15) is 16.6 Å². The van der Waals surface area contributed by atoms with E-state index in [0.717, 1.165) is 17.1 Å². The maximum absolute atomic E-state index is 13.2. The Balaban J connectivity index is 1.67. The van der Waals surface area contributed by atoms with Crippen molar-refractivity contribution >= 4 is 23.4 Å². The number of carbonyl (C=O) groups excluding carboxylic acids is 1. The van der Waals surface area contributed by atoms with Gasteiger partial charge in [-0.2, -0.15) is 0 Å². The minimum Gasteiger partial charge on any atom is -0.325 e. The molecule has 1 atom stereocenters. The van der Waals surface area contributed by atoms with Crippen LogP contribution in [0.4, 0.5) is 10.1 Å². The van der Waals surface area contributed by atoms with Gasteiger partial charge in [-0.25, -0.2) is 4.39 Å². The van der Waals surface area contributed by atoms with Gasteiger partial charge in [0, 0.05) is 11.4 Å². The van der Waals surface area contributed by atoms with Crippen molar-refractivity contribution in [2.75, 3.05) is 5.32 Å². The molecular weight excluding hydrogens is 399 g/mol. The van der Waals surface area contributed by atoms with Crippen LogP contribution in [-0.2, 0) is 4.79 Å². The predicted molar refractivity (Wildman–Crippen MR) is 116 cm³/mol. The van der Waals surface area contributed by atoms with Crippen LogP contribution in [0.25, 0.3) is 5.69 Å². The number of halogens is 1. The molecule has 30 heavy (non-hydrogen) atoms. The molecule has 4 aromatic rings. The fraction of sp³-hybridized carbons (Fsp3) is 0.0870. The van der Waals surface area contributed by atoms with Crippen molar-refractivity contribution in [2.45, 2.75) is 17.3 Å². The minimum atomic E-state index is -0.567. The zero-order valence-electron chi connectivity index (χ0n) is 16.2. The number of anilines is 1. The molecule has 150 valence electrons. The number of aromatic nitrogens is 3. The molecule has 7 heteroatoms. The van der Waals surface area contributed by atoms with E-state index in [1.807, 2.05) is 72.2 Å². The predicted octanol–water partition coefficient (Wildman–Crippen LogP) is 5.19. The second-order valence-electron chi connectivity index (χ2n) is 6.61. The molecule has 0 unspecified atom stereocenters. The average molecular weight is 418 g/mol. The molecule has 4 rings (SSSR count). The first-order valence-electron chi connectivity index (χ1n) is 9.37. The topological polar surface area (TPSA) is 59.8 Å². The van der Waals surface area contributed by atoms with Crippen molar-refractivity contribution in [3.8, 4) is 5.69 Å². The van der Waals surface area contributed by atoms with E-state index in [0.29, 0.717) is 10.8 Å². The fourth-order valence-corrected chi connectivity index (χ4v) is 4.14. The molecule has 1 aromatic heterocycles. The highest BCUT2D eigenvalue weighted by Gasteiger charge is 2.25. The van der Waals surface area contributed by atoms with E-state index in [2.05, 4.69) is 15.5 Å². The third-order valence-corrected chi connectivity index (χ3v) is 5.68. The van der Waals surface area contributed by atoms with Crippen molar-refractivity contribution < 1.29 is 9.18 Å². The van der Waals surface area contributed by atoms with Gasteiger partial charge in [-0.3, -0.25) is 9.36 Å². The number of rotatable bonds is 6. The molecular formula is C23H19FN4OS. The number of benzene rings is 3. The zero-order chi connectivity index (χ0) is 20.9.